The van der Waals surface area contributed by atoms with Crippen LogP contribution in [0, 0.1) is 6.92 Å². The van der Waals surface area contributed by atoms with Gasteiger partial charge in [-0.05, 0) is 6.92 Å². The average Bonchev–Trinajstić information content (AvgIpc) is 2.55. The van der Waals surface area contributed by atoms with Crippen molar-refractivity contribution >= 4 is 17.1 Å². The summed E-state index contributed by atoms with van der Waals surface area (Å²) in [4.78, 5) is 14.8. The van der Waals surface area contributed by atoms with Crippen LogP contribution in [-0.2, 0) is 0 Å². The van der Waals surface area contributed by atoms with E-state index in [1.165, 1.54) is 0 Å². The minimum absolute atomic E-state index is 0.266. The molecule has 2 heterocycles. The van der Waals surface area contributed by atoms with Crippen LogP contribution in [0.3, 0.4) is 0 Å². The van der Waals surface area contributed by atoms with Gasteiger partial charge in [-0.15, -0.1) is 0 Å². The number of anilines is 1. The monoisotopic (exact) mass is 179 g/mol. The summed E-state index contributed by atoms with van der Waals surface area (Å²) in [6, 6.07) is 0. The summed E-state index contributed by atoms with van der Waals surface area (Å²) in [5.74, 6) is 0.266. The van der Waals surface area contributed by atoms with Gasteiger partial charge in [0, 0.05) is 0 Å². The van der Waals surface area contributed by atoms with E-state index in [-0.39, 0.29) is 5.95 Å². The van der Waals surface area contributed by atoms with Crippen molar-refractivity contribution in [3.8, 4) is 0 Å². The zero-order chi connectivity index (χ0) is 9.84. The highest BCUT2D eigenvalue weighted by Gasteiger charge is 2.02. The molecule has 0 aromatic carbocycles. The normalized spacial score (nSPS) is 9.46. The molecule has 0 saturated heterocycles. The van der Waals surface area contributed by atoms with Crippen LogP contribution < -0.4 is 5.73 Å². The lowest BCUT2D eigenvalue weighted by molar-refractivity contribution is 1.15. The predicted molar refractivity (Wildman–Crippen MR) is 52.2 cm³/mol. The van der Waals surface area contributed by atoms with Crippen molar-refractivity contribution in [1.29, 1.82) is 0 Å². The Kier molecular flexibility index (Phi) is 2.79. The second kappa shape index (κ2) is 3.84. The molecule has 2 aromatic rings. The van der Waals surface area contributed by atoms with Gasteiger partial charge in [0.25, 0.3) is 0 Å². The number of hydrogen-bond acceptors (Lipinski definition) is 4. The average molecular weight is 179 g/mol. The number of imidazole rings is 1. The molecule has 0 saturated carbocycles. The number of aryl methyl sites for hydroxylation is 1. The smallest absolute Gasteiger partial charge is 0.222 e. The van der Waals surface area contributed by atoms with Gasteiger partial charge in [0.05, 0.1) is 12.0 Å². The van der Waals surface area contributed by atoms with E-state index in [1.807, 2.05) is 20.8 Å². The molecule has 5 heteroatoms. The number of aromatic nitrogens is 4. The number of nitrogens with zero attached hydrogens (tertiary/aromatic N) is 3. The Bertz CT molecular complexity index is 392. The fraction of sp³-hybridized carbons (Fsp3) is 0.375. The predicted octanol–water partition coefficient (Wildman–Crippen LogP) is 1.27. The zero-order valence-corrected chi connectivity index (χ0v) is 8.00. The molecule has 13 heavy (non-hydrogen) atoms. The van der Waals surface area contributed by atoms with Crippen molar-refractivity contribution in [3.63, 3.8) is 0 Å². The van der Waals surface area contributed by atoms with Crippen molar-refractivity contribution in [2.45, 2.75) is 20.8 Å². The van der Waals surface area contributed by atoms with Gasteiger partial charge in [-0.3, -0.25) is 0 Å². The number of nitrogens with one attached hydrogen (secondary N) is 1. The van der Waals surface area contributed by atoms with Gasteiger partial charge in [-0.25, -0.2) is 9.97 Å². The summed E-state index contributed by atoms with van der Waals surface area (Å²) in [6.45, 7) is 5.86. The lowest BCUT2D eigenvalue weighted by Gasteiger charge is -1.94. The van der Waals surface area contributed by atoms with E-state index >= 15 is 0 Å². The molecule has 0 aliphatic heterocycles. The lowest BCUT2D eigenvalue weighted by atomic mass is 10.4. The molecule has 0 aliphatic carbocycles. The van der Waals surface area contributed by atoms with Crippen molar-refractivity contribution in [2.75, 3.05) is 5.73 Å². The van der Waals surface area contributed by atoms with Gasteiger partial charge in [0.15, 0.2) is 5.65 Å². The van der Waals surface area contributed by atoms with E-state index in [9.17, 15) is 0 Å². The van der Waals surface area contributed by atoms with Gasteiger partial charge in [-0.1, -0.05) is 13.8 Å². The molecule has 5 nitrogen and oxygen atoms in total. The minimum Gasteiger partial charge on any atom is -0.368 e. The summed E-state index contributed by atoms with van der Waals surface area (Å²) in [7, 11) is 0. The first-order valence-electron chi connectivity index (χ1n) is 4.20. The third kappa shape index (κ3) is 1.74. The molecular formula is C8H13N5. The highest BCUT2D eigenvalue weighted by atomic mass is 15.1. The summed E-state index contributed by atoms with van der Waals surface area (Å²) in [6.07, 6.45) is 1.58. The van der Waals surface area contributed by atoms with E-state index in [4.69, 9.17) is 5.73 Å². The van der Waals surface area contributed by atoms with Crippen LogP contribution in [0.4, 0.5) is 5.95 Å². The van der Waals surface area contributed by atoms with Gasteiger partial charge in [-0.2, -0.15) is 4.98 Å². The first kappa shape index (κ1) is 9.44. The Morgan fingerprint density at radius 2 is 2.00 bits per heavy atom. The molecule has 0 bridgehead atoms. The van der Waals surface area contributed by atoms with E-state index in [0.717, 1.165) is 11.2 Å². The Morgan fingerprint density at radius 1 is 1.31 bits per heavy atom. The third-order valence-corrected chi connectivity index (χ3v) is 1.48. The number of H-pyrrole nitrogens is 1. The van der Waals surface area contributed by atoms with Crippen LogP contribution in [0.1, 0.15) is 19.5 Å². The third-order valence-electron chi connectivity index (χ3n) is 1.48. The highest BCUT2D eigenvalue weighted by molar-refractivity contribution is 5.73. The van der Waals surface area contributed by atoms with Crippen molar-refractivity contribution in [2.24, 2.45) is 0 Å². The molecule has 0 fully saturated rings. The van der Waals surface area contributed by atoms with Gasteiger partial charge >= 0.3 is 0 Å². The van der Waals surface area contributed by atoms with E-state index in [2.05, 4.69) is 19.9 Å². The molecule has 0 aliphatic rings. The highest BCUT2D eigenvalue weighted by Crippen LogP contribution is 2.09. The fourth-order valence-electron chi connectivity index (χ4n) is 0.999. The first-order chi connectivity index (χ1) is 6.27. The molecular weight excluding hydrogens is 166 g/mol. The number of rotatable bonds is 0. The zero-order valence-electron chi connectivity index (χ0n) is 8.00. The standard InChI is InChI=1S/C6H7N5.C2H6/c1-3-4-5(9-2-8-4)11-6(7)10-3;1-2/h2H,1H3,(H3,7,8,9,10,11);1-2H3. The first-order valence-corrected chi connectivity index (χ1v) is 4.20. The van der Waals surface area contributed by atoms with E-state index in [1.54, 1.807) is 6.33 Å². The maximum Gasteiger partial charge on any atom is 0.222 e. The van der Waals surface area contributed by atoms with E-state index < -0.39 is 0 Å². The molecule has 0 atom stereocenters. The summed E-state index contributed by atoms with van der Waals surface area (Å²) in [5, 5.41) is 0. The number of nitrogen functional groups attached to an aromatic ring is 1. The Balaban J connectivity index is 0.000000396. The lowest BCUT2D eigenvalue weighted by Crippen LogP contribution is -1.96. The van der Waals surface area contributed by atoms with E-state index in [0.29, 0.717) is 5.65 Å². The number of hydrogen-bond donors (Lipinski definition) is 2. The largest absolute Gasteiger partial charge is 0.368 e. The topological polar surface area (TPSA) is 80.5 Å². The Morgan fingerprint density at radius 3 is 2.69 bits per heavy atom. The van der Waals surface area contributed by atoms with Crippen molar-refractivity contribution in [1.82, 2.24) is 19.9 Å². The van der Waals surface area contributed by atoms with Crippen LogP contribution in [0.5, 0.6) is 0 Å². The second-order valence-electron chi connectivity index (χ2n) is 2.27. The van der Waals surface area contributed by atoms with Crippen LogP contribution in [0.15, 0.2) is 6.33 Å². The SMILES string of the molecule is CC.Cc1nc(N)nc2nc[nH]c12. The van der Waals surface area contributed by atoms with Crippen LogP contribution >= 0.6 is 0 Å². The maximum atomic E-state index is 5.41. The number of aromatic amines is 1. The van der Waals surface area contributed by atoms with Gasteiger partial charge in [0.1, 0.15) is 5.52 Å². The molecule has 0 amide bonds. The van der Waals surface area contributed by atoms with Crippen molar-refractivity contribution in [3.05, 3.63) is 12.0 Å². The summed E-state index contributed by atoms with van der Waals surface area (Å²) in [5.41, 5.74) is 7.70. The van der Waals surface area contributed by atoms with Gasteiger partial charge < -0.3 is 10.7 Å². The van der Waals surface area contributed by atoms with Crippen LogP contribution in [-0.4, -0.2) is 19.9 Å². The number of nitrogens with two attached hydrogens (primary N) is 1. The van der Waals surface area contributed by atoms with Crippen LogP contribution in [0.2, 0.25) is 0 Å². The molecule has 3 N–H and O–H groups in total. The second-order valence-corrected chi connectivity index (χ2v) is 2.27. The minimum atomic E-state index is 0.266. The quantitative estimate of drug-likeness (QED) is 0.638. The molecule has 0 radical (unpaired) electrons. The number of fused-ring (bicyclic) bond motifs is 1. The van der Waals surface area contributed by atoms with Crippen molar-refractivity contribution < 1.29 is 0 Å². The molecule has 70 valence electrons. The Labute approximate surface area is 76.4 Å². The van der Waals surface area contributed by atoms with Crippen LogP contribution in [0.25, 0.3) is 11.2 Å². The molecule has 0 spiro atoms. The fourth-order valence-corrected chi connectivity index (χ4v) is 0.999. The summed E-state index contributed by atoms with van der Waals surface area (Å²) >= 11 is 0. The molecule has 2 aromatic heterocycles. The molecule has 2 rings (SSSR count). The van der Waals surface area contributed by atoms with Gasteiger partial charge in [0.2, 0.25) is 5.95 Å². The molecule has 0 unspecified atom stereocenters. The maximum absolute atomic E-state index is 5.41. The Hall–Kier alpha value is -1.65. The summed E-state index contributed by atoms with van der Waals surface area (Å²) < 4.78 is 0.